The Hall–Kier alpha value is -2.86. The molecule has 6 heteroatoms. The van der Waals surface area contributed by atoms with Crippen LogP contribution < -0.4 is 5.73 Å². The van der Waals surface area contributed by atoms with Crippen molar-refractivity contribution in [2.24, 2.45) is 11.7 Å². The standard InChI is InChI=1S/C24H30N4O2/c25-24(30)28-13-7-12-21(18-28)23(29)27-16-14-26(15-17-27)22(19-8-3-1-4-9-19)20-10-5-2-6-11-20/h1-6,8-11,21-22H,7,12-18H2,(H2,25,30)/t21-/m0/s1. The Morgan fingerprint density at radius 1 is 0.800 bits per heavy atom. The third-order valence-corrected chi connectivity index (χ3v) is 6.30. The van der Waals surface area contributed by atoms with E-state index in [1.165, 1.54) is 11.1 Å². The van der Waals surface area contributed by atoms with Crippen LogP contribution in [-0.2, 0) is 4.79 Å². The van der Waals surface area contributed by atoms with E-state index in [1.54, 1.807) is 4.90 Å². The Balaban J connectivity index is 1.43. The first-order valence-electron chi connectivity index (χ1n) is 10.8. The van der Waals surface area contributed by atoms with Crippen molar-refractivity contribution in [1.29, 1.82) is 0 Å². The van der Waals surface area contributed by atoms with Crippen LogP contribution in [0.2, 0.25) is 0 Å². The Kier molecular flexibility index (Phi) is 6.33. The molecule has 2 aromatic rings. The molecule has 0 spiro atoms. The lowest BCUT2D eigenvalue weighted by Crippen LogP contribution is -2.54. The summed E-state index contributed by atoms with van der Waals surface area (Å²) in [6.07, 6.45) is 1.67. The third-order valence-electron chi connectivity index (χ3n) is 6.30. The SMILES string of the molecule is NC(=O)N1CCC[C@H](C(=O)N2CCN(C(c3ccccc3)c3ccccc3)CC2)C1. The zero-order valence-electron chi connectivity index (χ0n) is 17.3. The number of nitrogens with two attached hydrogens (primary N) is 1. The molecular formula is C24H30N4O2. The Labute approximate surface area is 178 Å². The van der Waals surface area contributed by atoms with Gasteiger partial charge in [0.25, 0.3) is 0 Å². The first kappa shape index (κ1) is 20.4. The molecule has 0 unspecified atom stereocenters. The van der Waals surface area contributed by atoms with E-state index in [2.05, 4.69) is 53.4 Å². The molecule has 2 aromatic carbocycles. The third kappa shape index (κ3) is 4.49. The van der Waals surface area contributed by atoms with Gasteiger partial charge in [0.1, 0.15) is 0 Å². The predicted octanol–water partition coefficient (Wildman–Crippen LogP) is 2.71. The molecule has 6 nitrogen and oxygen atoms in total. The van der Waals surface area contributed by atoms with E-state index in [-0.39, 0.29) is 17.9 Å². The molecule has 2 aliphatic heterocycles. The smallest absolute Gasteiger partial charge is 0.314 e. The van der Waals surface area contributed by atoms with Gasteiger partial charge in [-0.15, -0.1) is 0 Å². The molecule has 158 valence electrons. The first-order chi connectivity index (χ1) is 14.6. The summed E-state index contributed by atoms with van der Waals surface area (Å²) in [7, 11) is 0. The minimum atomic E-state index is -0.425. The maximum Gasteiger partial charge on any atom is 0.314 e. The number of likely N-dealkylation sites (tertiary alicyclic amines) is 1. The maximum absolute atomic E-state index is 13.1. The summed E-state index contributed by atoms with van der Waals surface area (Å²) in [5.41, 5.74) is 7.97. The number of benzene rings is 2. The Bertz CT molecular complexity index is 811. The summed E-state index contributed by atoms with van der Waals surface area (Å²) in [5, 5.41) is 0. The van der Waals surface area contributed by atoms with Gasteiger partial charge in [-0.3, -0.25) is 9.69 Å². The van der Waals surface area contributed by atoms with Gasteiger partial charge in [-0.1, -0.05) is 60.7 Å². The van der Waals surface area contributed by atoms with Crippen molar-refractivity contribution in [3.8, 4) is 0 Å². The molecule has 2 saturated heterocycles. The fourth-order valence-electron chi connectivity index (χ4n) is 4.72. The van der Waals surface area contributed by atoms with Crippen molar-refractivity contribution < 1.29 is 9.59 Å². The van der Waals surface area contributed by atoms with E-state index in [0.29, 0.717) is 26.2 Å². The van der Waals surface area contributed by atoms with Gasteiger partial charge in [0.05, 0.1) is 12.0 Å². The van der Waals surface area contributed by atoms with Crippen LogP contribution in [0.1, 0.15) is 30.0 Å². The van der Waals surface area contributed by atoms with Gasteiger partial charge < -0.3 is 15.5 Å². The van der Waals surface area contributed by atoms with Crippen LogP contribution in [0.5, 0.6) is 0 Å². The molecule has 4 rings (SSSR count). The van der Waals surface area contributed by atoms with Crippen molar-refractivity contribution in [2.45, 2.75) is 18.9 Å². The van der Waals surface area contributed by atoms with Gasteiger partial charge in [-0.25, -0.2) is 4.79 Å². The van der Waals surface area contributed by atoms with E-state index in [9.17, 15) is 9.59 Å². The first-order valence-corrected chi connectivity index (χ1v) is 10.8. The van der Waals surface area contributed by atoms with Crippen molar-refractivity contribution >= 4 is 11.9 Å². The van der Waals surface area contributed by atoms with Gasteiger partial charge in [0.15, 0.2) is 0 Å². The van der Waals surface area contributed by atoms with E-state index < -0.39 is 6.03 Å². The molecule has 0 bridgehead atoms. The fourth-order valence-corrected chi connectivity index (χ4v) is 4.72. The Morgan fingerprint density at radius 3 is 1.90 bits per heavy atom. The molecule has 1 atom stereocenters. The Morgan fingerprint density at radius 2 is 1.37 bits per heavy atom. The lowest BCUT2D eigenvalue weighted by Gasteiger charge is -2.41. The number of rotatable bonds is 4. The number of primary amides is 1. The van der Waals surface area contributed by atoms with E-state index in [4.69, 9.17) is 5.73 Å². The molecule has 0 radical (unpaired) electrons. The monoisotopic (exact) mass is 406 g/mol. The number of hydrogen-bond donors (Lipinski definition) is 1. The highest BCUT2D eigenvalue weighted by Crippen LogP contribution is 2.30. The largest absolute Gasteiger partial charge is 0.351 e. The van der Waals surface area contributed by atoms with Crippen molar-refractivity contribution in [3.63, 3.8) is 0 Å². The molecule has 0 aromatic heterocycles. The van der Waals surface area contributed by atoms with Gasteiger partial charge in [0, 0.05) is 39.3 Å². The van der Waals surface area contributed by atoms with Crippen LogP contribution >= 0.6 is 0 Å². The maximum atomic E-state index is 13.1. The molecular weight excluding hydrogens is 376 g/mol. The number of nitrogens with zero attached hydrogens (tertiary/aromatic N) is 3. The van der Waals surface area contributed by atoms with Crippen LogP contribution in [-0.4, -0.2) is 65.9 Å². The number of carbonyl (C=O) groups excluding carboxylic acids is 2. The summed E-state index contributed by atoms with van der Waals surface area (Å²) in [6, 6.07) is 20.9. The topological polar surface area (TPSA) is 69.9 Å². The van der Waals surface area contributed by atoms with Crippen LogP contribution in [0.3, 0.4) is 0 Å². The minimum Gasteiger partial charge on any atom is -0.351 e. The highest BCUT2D eigenvalue weighted by molar-refractivity contribution is 5.80. The highest BCUT2D eigenvalue weighted by Gasteiger charge is 2.33. The molecule has 2 fully saturated rings. The highest BCUT2D eigenvalue weighted by atomic mass is 16.2. The fraction of sp³-hybridized carbons (Fsp3) is 0.417. The van der Waals surface area contributed by atoms with Crippen molar-refractivity contribution in [3.05, 3.63) is 71.8 Å². The number of piperazine rings is 1. The van der Waals surface area contributed by atoms with Crippen LogP contribution in [0.15, 0.2) is 60.7 Å². The second kappa shape index (κ2) is 9.30. The lowest BCUT2D eigenvalue weighted by atomic mass is 9.95. The number of piperidine rings is 1. The molecule has 0 saturated carbocycles. The van der Waals surface area contributed by atoms with Gasteiger partial charge >= 0.3 is 6.03 Å². The van der Waals surface area contributed by atoms with Crippen molar-refractivity contribution in [2.75, 3.05) is 39.3 Å². The van der Waals surface area contributed by atoms with E-state index in [0.717, 1.165) is 25.9 Å². The molecule has 3 amide bonds. The zero-order valence-corrected chi connectivity index (χ0v) is 17.3. The number of amides is 3. The average Bonchev–Trinajstić information content (AvgIpc) is 2.81. The number of carbonyl (C=O) groups is 2. The quantitative estimate of drug-likeness (QED) is 0.849. The second-order valence-electron chi connectivity index (χ2n) is 8.21. The summed E-state index contributed by atoms with van der Waals surface area (Å²) in [5.74, 6) is 0.0356. The van der Waals surface area contributed by atoms with Gasteiger partial charge in [0.2, 0.25) is 5.91 Å². The summed E-state index contributed by atoms with van der Waals surface area (Å²) >= 11 is 0. The van der Waals surface area contributed by atoms with Crippen LogP contribution in [0, 0.1) is 5.92 Å². The second-order valence-corrected chi connectivity index (χ2v) is 8.21. The molecule has 2 heterocycles. The summed E-state index contributed by atoms with van der Waals surface area (Å²) in [6.45, 7) is 4.18. The number of urea groups is 1. The summed E-state index contributed by atoms with van der Waals surface area (Å²) in [4.78, 5) is 30.6. The zero-order chi connectivity index (χ0) is 20.9. The summed E-state index contributed by atoms with van der Waals surface area (Å²) < 4.78 is 0. The van der Waals surface area contributed by atoms with E-state index >= 15 is 0 Å². The van der Waals surface area contributed by atoms with Gasteiger partial charge in [-0.05, 0) is 24.0 Å². The lowest BCUT2D eigenvalue weighted by molar-refractivity contribution is -0.138. The normalized spacial score (nSPS) is 20.4. The van der Waals surface area contributed by atoms with Gasteiger partial charge in [-0.2, -0.15) is 0 Å². The molecule has 2 N–H and O–H groups in total. The predicted molar refractivity (Wildman–Crippen MR) is 117 cm³/mol. The molecule has 0 aliphatic carbocycles. The van der Waals surface area contributed by atoms with Crippen LogP contribution in [0.25, 0.3) is 0 Å². The van der Waals surface area contributed by atoms with Crippen LogP contribution in [0.4, 0.5) is 4.79 Å². The molecule has 30 heavy (non-hydrogen) atoms. The van der Waals surface area contributed by atoms with E-state index in [1.807, 2.05) is 17.0 Å². The molecule has 2 aliphatic rings. The minimum absolute atomic E-state index is 0.128. The average molecular weight is 407 g/mol. The van der Waals surface area contributed by atoms with Crippen molar-refractivity contribution in [1.82, 2.24) is 14.7 Å². The number of hydrogen-bond acceptors (Lipinski definition) is 3.